The van der Waals surface area contributed by atoms with Crippen LogP contribution in [0.4, 0.5) is 0 Å². The van der Waals surface area contributed by atoms with Gasteiger partial charge in [0.1, 0.15) is 10.0 Å². The molecule has 0 fully saturated rings. The van der Waals surface area contributed by atoms with Crippen molar-refractivity contribution in [2.45, 2.75) is 4.90 Å². The molecule has 0 aliphatic carbocycles. The van der Waals surface area contributed by atoms with Crippen molar-refractivity contribution in [2.75, 3.05) is 6.54 Å². The summed E-state index contributed by atoms with van der Waals surface area (Å²) in [6, 6.07) is 1.39. The van der Waals surface area contributed by atoms with Crippen LogP contribution in [0, 0.1) is 0 Å². The second-order valence-electron chi connectivity index (χ2n) is 2.58. The van der Waals surface area contributed by atoms with Crippen LogP contribution < -0.4 is 4.72 Å². The maximum absolute atomic E-state index is 11.6. The Labute approximate surface area is 102 Å². The van der Waals surface area contributed by atoms with Gasteiger partial charge in [0.25, 0.3) is 0 Å². The molecule has 1 aromatic heterocycles. The first kappa shape index (κ1) is 12.6. The summed E-state index contributed by atoms with van der Waals surface area (Å²) in [5.74, 6) is 0. The van der Waals surface area contributed by atoms with Crippen LogP contribution in [-0.2, 0) is 10.0 Å². The summed E-state index contributed by atoms with van der Waals surface area (Å²) in [6.45, 7) is 3.59. The quantitative estimate of drug-likeness (QED) is 0.683. The van der Waals surface area contributed by atoms with Crippen LogP contribution in [0.15, 0.2) is 34.3 Å². The highest BCUT2D eigenvalue weighted by molar-refractivity contribution is 9.10. The molecular formula is C8H8BrClN2O2S. The minimum absolute atomic E-state index is 0.0561. The molecule has 1 heterocycles. The molecule has 0 spiro atoms. The largest absolute Gasteiger partial charge is 0.242 e. The smallest absolute Gasteiger partial charge is 0.242 e. The number of hydrogen-bond acceptors (Lipinski definition) is 3. The molecular weight excluding hydrogens is 304 g/mol. The molecule has 0 amide bonds. The lowest BCUT2D eigenvalue weighted by Gasteiger charge is -2.04. The third-order valence-electron chi connectivity index (χ3n) is 1.50. The van der Waals surface area contributed by atoms with Crippen molar-refractivity contribution in [1.29, 1.82) is 0 Å². The van der Waals surface area contributed by atoms with Gasteiger partial charge in [-0.2, -0.15) is 0 Å². The molecule has 0 bridgehead atoms. The Morgan fingerprint density at radius 3 is 2.87 bits per heavy atom. The second kappa shape index (κ2) is 5.07. The molecule has 15 heavy (non-hydrogen) atoms. The highest BCUT2D eigenvalue weighted by atomic mass is 79.9. The van der Waals surface area contributed by atoms with Crippen LogP contribution in [-0.4, -0.2) is 19.9 Å². The Morgan fingerprint density at radius 1 is 1.67 bits per heavy atom. The van der Waals surface area contributed by atoms with Gasteiger partial charge in [0.15, 0.2) is 0 Å². The van der Waals surface area contributed by atoms with Gasteiger partial charge in [0, 0.05) is 12.7 Å². The fourth-order valence-electron chi connectivity index (χ4n) is 0.803. The number of nitrogens with zero attached hydrogens (tertiary/aromatic N) is 1. The van der Waals surface area contributed by atoms with Crippen LogP contribution in [0.25, 0.3) is 0 Å². The van der Waals surface area contributed by atoms with E-state index < -0.39 is 10.0 Å². The second-order valence-corrected chi connectivity index (χ2v) is 5.56. The Kier molecular flexibility index (Phi) is 4.27. The van der Waals surface area contributed by atoms with E-state index in [1.54, 1.807) is 0 Å². The van der Waals surface area contributed by atoms with E-state index in [-0.39, 0.29) is 16.6 Å². The molecule has 0 aromatic carbocycles. The van der Waals surface area contributed by atoms with E-state index in [2.05, 4.69) is 32.2 Å². The van der Waals surface area contributed by atoms with Gasteiger partial charge < -0.3 is 0 Å². The Bertz CT molecular complexity index is 476. The van der Waals surface area contributed by atoms with Gasteiger partial charge in [-0.15, -0.1) is 6.58 Å². The summed E-state index contributed by atoms with van der Waals surface area (Å²) < 4.78 is 25.9. The molecule has 0 saturated heterocycles. The summed E-state index contributed by atoms with van der Waals surface area (Å²) in [4.78, 5) is 3.78. The summed E-state index contributed by atoms with van der Waals surface area (Å²) in [5, 5.41) is 0.220. The Morgan fingerprint density at radius 2 is 2.33 bits per heavy atom. The van der Waals surface area contributed by atoms with Crippen molar-refractivity contribution >= 4 is 37.6 Å². The number of pyridine rings is 1. The standard InChI is InChI=1S/C8H8BrClN2O2S/c1-2-3-12-15(13,14)6-4-7(9)8(10)11-5-6/h2,4-5,12H,1,3H2. The van der Waals surface area contributed by atoms with Crippen LogP contribution >= 0.6 is 27.5 Å². The van der Waals surface area contributed by atoms with Crippen molar-refractivity contribution < 1.29 is 8.42 Å². The molecule has 0 aliphatic heterocycles. The average molecular weight is 312 g/mol. The Hall–Kier alpha value is -0.430. The van der Waals surface area contributed by atoms with E-state index in [9.17, 15) is 8.42 Å². The normalized spacial score (nSPS) is 11.3. The summed E-state index contributed by atoms with van der Waals surface area (Å²) in [6.07, 6.45) is 2.65. The maximum atomic E-state index is 11.6. The lowest BCUT2D eigenvalue weighted by molar-refractivity contribution is 0.585. The van der Waals surface area contributed by atoms with Crippen molar-refractivity contribution in [1.82, 2.24) is 9.71 Å². The van der Waals surface area contributed by atoms with Gasteiger partial charge in [-0.25, -0.2) is 18.1 Å². The minimum atomic E-state index is -3.53. The van der Waals surface area contributed by atoms with E-state index in [0.717, 1.165) is 0 Å². The SMILES string of the molecule is C=CCNS(=O)(=O)c1cnc(Cl)c(Br)c1. The van der Waals surface area contributed by atoms with Crippen molar-refractivity contribution in [2.24, 2.45) is 0 Å². The monoisotopic (exact) mass is 310 g/mol. The number of halogens is 2. The molecule has 82 valence electrons. The van der Waals surface area contributed by atoms with Crippen molar-refractivity contribution in [3.8, 4) is 0 Å². The average Bonchev–Trinajstić information content (AvgIpc) is 2.19. The molecule has 0 radical (unpaired) electrons. The van der Waals surface area contributed by atoms with Gasteiger partial charge in [-0.05, 0) is 22.0 Å². The van der Waals surface area contributed by atoms with Gasteiger partial charge in [-0.3, -0.25) is 0 Å². The lowest BCUT2D eigenvalue weighted by atomic mass is 10.5. The van der Waals surface area contributed by atoms with Gasteiger partial charge >= 0.3 is 0 Å². The van der Waals surface area contributed by atoms with Crippen LogP contribution in [0.3, 0.4) is 0 Å². The van der Waals surface area contributed by atoms with Crippen LogP contribution in [0.1, 0.15) is 0 Å². The summed E-state index contributed by atoms with van der Waals surface area (Å²) in [7, 11) is -3.53. The molecule has 0 aliphatic rings. The minimum Gasteiger partial charge on any atom is -0.242 e. The fraction of sp³-hybridized carbons (Fsp3) is 0.125. The predicted molar refractivity (Wildman–Crippen MR) is 62.3 cm³/mol. The lowest BCUT2D eigenvalue weighted by Crippen LogP contribution is -2.23. The van der Waals surface area contributed by atoms with E-state index >= 15 is 0 Å². The zero-order valence-electron chi connectivity index (χ0n) is 7.57. The van der Waals surface area contributed by atoms with Crippen LogP contribution in [0.2, 0.25) is 5.15 Å². The number of aromatic nitrogens is 1. The third kappa shape index (κ3) is 3.27. The first-order valence-electron chi connectivity index (χ1n) is 3.89. The molecule has 1 N–H and O–H groups in total. The summed E-state index contributed by atoms with van der Waals surface area (Å²) >= 11 is 8.75. The van der Waals surface area contributed by atoms with Gasteiger partial charge in [0.05, 0.1) is 4.47 Å². The van der Waals surface area contributed by atoms with Crippen molar-refractivity contribution in [3.05, 3.63) is 34.5 Å². The number of rotatable bonds is 4. The Balaban J connectivity index is 3.05. The predicted octanol–water partition coefficient (Wildman–Crippen LogP) is 1.96. The highest BCUT2D eigenvalue weighted by Crippen LogP contribution is 2.22. The summed E-state index contributed by atoms with van der Waals surface area (Å²) in [5.41, 5.74) is 0. The number of hydrogen-bond donors (Lipinski definition) is 1. The van der Waals surface area contributed by atoms with Crippen LogP contribution in [0.5, 0.6) is 0 Å². The molecule has 4 nitrogen and oxygen atoms in total. The number of nitrogens with one attached hydrogen (secondary N) is 1. The van der Waals surface area contributed by atoms with Gasteiger partial charge in [-0.1, -0.05) is 17.7 Å². The molecule has 0 saturated carbocycles. The topological polar surface area (TPSA) is 59.1 Å². The van der Waals surface area contributed by atoms with E-state index in [4.69, 9.17) is 11.6 Å². The molecule has 0 unspecified atom stereocenters. The first-order chi connectivity index (χ1) is 6.97. The van der Waals surface area contributed by atoms with E-state index in [1.165, 1.54) is 18.3 Å². The molecule has 1 aromatic rings. The molecule has 1 rings (SSSR count). The number of sulfonamides is 1. The van der Waals surface area contributed by atoms with Gasteiger partial charge in [0.2, 0.25) is 10.0 Å². The molecule has 7 heteroatoms. The highest BCUT2D eigenvalue weighted by Gasteiger charge is 2.14. The van der Waals surface area contributed by atoms with E-state index in [0.29, 0.717) is 4.47 Å². The zero-order valence-corrected chi connectivity index (χ0v) is 10.7. The molecule has 0 atom stereocenters. The third-order valence-corrected chi connectivity index (χ3v) is 4.02. The fourth-order valence-corrected chi connectivity index (χ4v) is 2.37. The zero-order chi connectivity index (χ0) is 11.5. The van der Waals surface area contributed by atoms with E-state index in [1.807, 2.05) is 0 Å². The maximum Gasteiger partial charge on any atom is 0.242 e. The first-order valence-corrected chi connectivity index (χ1v) is 6.54. The van der Waals surface area contributed by atoms with Crippen molar-refractivity contribution in [3.63, 3.8) is 0 Å².